The summed E-state index contributed by atoms with van der Waals surface area (Å²) in [5, 5.41) is 11.8. The molecular weight excluding hydrogens is 967 g/mol. The van der Waals surface area contributed by atoms with Crippen molar-refractivity contribution in [3.8, 4) is 44.5 Å². The Morgan fingerprint density at radius 1 is 0.211 bits per heavy atom. The van der Waals surface area contributed by atoms with Gasteiger partial charge >= 0.3 is 0 Å². The van der Waals surface area contributed by atoms with Crippen LogP contribution < -0.4 is 46.4 Å². The lowest BCUT2D eigenvalue weighted by Crippen LogP contribution is -2.93. The SMILES string of the molecule is c1ccc(-c2ccc(-c3ccc(N(c4ccccc4)c4cccc(-c5ccc(-c6ccc7c(c6)[Si]6(c8ccccc8Sc8ccccc86)c6ccccc6[Si]7(c6ccccc6)c6ccccc6)cc5)c4)cc3)cc2)cc1. The van der Waals surface area contributed by atoms with Crippen molar-refractivity contribution in [2.45, 2.75) is 9.79 Å². The van der Waals surface area contributed by atoms with Crippen LogP contribution in [0.15, 0.2) is 319 Å². The molecular formula is C72H51NSSi2. The minimum absolute atomic E-state index is 1.10. The standard InChI is InChI=1S/C72H51NSSi2/c1-5-20-52(21-6-1)53-36-38-54(39-37-53)55-44-47-61(48-45-55)73(60-23-7-2-8-24-60)62-25-19-22-58(50-62)56-40-42-57(43-41-56)59-46-49-71-72(51-59)76(67-32-15-13-30-65(67)74-66-31-14-16-33-68(66)76)70-35-18-17-34-69(70)75(71,63-26-9-3-10-27-63)64-28-11-4-12-29-64/h1-51H. The Morgan fingerprint density at radius 3 is 1.09 bits per heavy atom. The lowest BCUT2D eigenvalue weighted by molar-refractivity contribution is 1.28. The lowest BCUT2D eigenvalue weighted by Gasteiger charge is -2.50. The van der Waals surface area contributed by atoms with Gasteiger partial charge in [0.2, 0.25) is 0 Å². The molecule has 0 unspecified atom stereocenters. The smallest absolute Gasteiger partial charge is 0.181 e. The molecule has 0 aromatic heterocycles. The second-order valence-electron chi connectivity index (χ2n) is 19.9. The van der Waals surface area contributed by atoms with Gasteiger partial charge in [-0.05, 0) is 135 Å². The van der Waals surface area contributed by atoms with Crippen LogP contribution in [-0.4, -0.2) is 16.1 Å². The molecule has 4 heteroatoms. The molecule has 0 fully saturated rings. The first kappa shape index (κ1) is 45.8. The normalized spacial score (nSPS) is 13.4. The minimum atomic E-state index is -2.93. The molecule has 0 aliphatic carbocycles. The number of nitrogens with zero attached hydrogens (tertiary/aromatic N) is 1. The summed E-state index contributed by atoms with van der Waals surface area (Å²) >= 11 is 1.93. The van der Waals surface area contributed by atoms with Crippen LogP contribution in [0, 0.1) is 0 Å². The van der Waals surface area contributed by atoms with E-state index in [1.807, 2.05) is 11.8 Å². The van der Waals surface area contributed by atoms with E-state index in [1.165, 1.54) is 95.8 Å². The average molecular weight is 1020 g/mol. The molecule has 0 saturated carbocycles. The van der Waals surface area contributed by atoms with E-state index < -0.39 is 16.1 Å². The lowest BCUT2D eigenvalue weighted by atomic mass is 9.99. The van der Waals surface area contributed by atoms with Gasteiger partial charge in [0, 0.05) is 26.9 Å². The predicted octanol–water partition coefficient (Wildman–Crippen LogP) is 13.4. The second kappa shape index (κ2) is 19.2. The Kier molecular flexibility index (Phi) is 11.6. The molecule has 2 aliphatic rings. The van der Waals surface area contributed by atoms with E-state index in [0.717, 1.165) is 17.1 Å². The Balaban J connectivity index is 0.876. The van der Waals surface area contributed by atoms with Crippen molar-refractivity contribution in [1.82, 2.24) is 0 Å². The van der Waals surface area contributed by atoms with Crippen LogP contribution >= 0.6 is 11.8 Å². The van der Waals surface area contributed by atoms with Crippen molar-refractivity contribution >= 4 is 86.5 Å². The Labute approximate surface area is 452 Å². The van der Waals surface area contributed by atoms with Crippen LogP contribution in [0.5, 0.6) is 0 Å². The maximum absolute atomic E-state index is 2.93. The molecule has 1 nitrogen and oxygen atoms in total. The molecule has 0 N–H and O–H groups in total. The number of rotatable bonds is 9. The molecule has 2 heterocycles. The summed E-state index contributed by atoms with van der Waals surface area (Å²) < 4.78 is 0. The second-order valence-corrected chi connectivity index (χ2v) is 28.4. The highest BCUT2D eigenvalue weighted by Crippen LogP contribution is 2.39. The number of benzene rings is 12. The first-order valence-corrected chi connectivity index (χ1v) is 31.0. The fraction of sp³-hybridized carbons (Fsp3) is 0. The summed E-state index contributed by atoms with van der Waals surface area (Å²) in [6, 6.07) is 116. The third-order valence-electron chi connectivity index (χ3n) is 15.9. The monoisotopic (exact) mass is 1020 g/mol. The molecule has 12 aromatic rings. The number of hydrogen-bond acceptors (Lipinski definition) is 2. The first-order valence-electron chi connectivity index (χ1n) is 26.2. The maximum Gasteiger partial charge on any atom is 0.181 e. The van der Waals surface area contributed by atoms with Crippen molar-refractivity contribution in [2.24, 2.45) is 0 Å². The molecule has 12 aromatic carbocycles. The molecule has 0 amide bonds. The van der Waals surface area contributed by atoms with Crippen LogP contribution in [0.25, 0.3) is 44.5 Å². The summed E-state index contributed by atoms with van der Waals surface area (Å²) in [7, 11) is -5.81. The highest BCUT2D eigenvalue weighted by Gasteiger charge is 2.58. The summed E-state index contributed by atoms with van der Waals surface area (Å²) in [6.45, 7) is 0. The Hall–Kier alpha value is -8.78. The number of hydrogen-bond donors (Lipinski definition) is 0. The van der Waals surface area contributed by atoms with Gasteiger partial charge in [0.05, 0.1) is 0 Å². The van der Waals surface area contributed by atoms with Crippen molar-refractivity contribution < 1.29 is 0 Å². The van der Waals surface area contributed by atoms with Crippen molar-refractivity contribution in [2.75, 3.05) is 4.90 Å². The molecule has 0 bridgehead atoms. The minimum Gasteiger partial charge on any atom is -0.310 e. The highest BCUT2D eigenvalue weighted by atomic mass is 32.2. The van der Waals surface area contributed by atoms with E-state index in [4.69, 9.17) is 0 Å². The van der Waals surface area contributed by atoms with Crippen LogP contribution in [0.4, 0.5) is 17.1 Å². The highest BCUT2D eigenvalue weighted by molar-refractivity contribution is 8.00. The zero-order chi connectivity index (χ0) is 50.5. The van der Waals surface area contributed by atoms with Crippen molar-refractivity contribution in [1.29, 1.82) is 0 Å². The predicted molar refractivity (Wildman–Crippen MR) is 328 cm³/mol. The zero-order valence-electron chi connectivity index (χ0n) is 41.8. The van der Waals surface area contributed by atoms with E-state index in [2.05, 4.69) is 314 Å². The summed E-state index contributed by atoms with van der Waals surface area (Å²) in [4.78, 5) is 5.10. The van der Waals surface area contributed by atoms with Gasteiger partial charge in [-0.1, -0.05) is 273 Å². The quantitative estimate of drug-likeness (QED) is 0.133. The largest absolute Gasteiger partial charge is 0.310 e. The van der Waals surface area contributed by atoms with Gasteiger partial charge in [0.15, 0.2) is 16.1 Å². The number of anilines is 3. The summed E-state index contributed by atoms with van der Waals surface area (Å²) in [5.41, 5.74) is 13.0. The molecule has 76 heavy (non-hydrogen) atoms. The fourth-order valence-corrected chi connectivity index (χ4v) is 26.8. The summed E-state index contributed by atoms with van der Waals surface area (Å²) in [5.74, 6) is 0. The van der Waals surface area contributed by atoms with Gasteiger partial charge in [0.25, 0.3) is 0 Å². The molecule has 14 rings (SSSR count). The summed E-state index contributed by atoms with van der Waals surface area (Å²) in [6.07, 6.45) is 0. The molecule has 0 radical (unpaired) electrons. The molecule has 1 spiro atoms. The molecule has 0 atom stereocenters. The first-order chi connectivity index (χ1) is 37.7. The van der Waals surface area contributed by atoms with E-state index >= 15 is 0 Å². The molecule has 358 valence electrons. The van der Waals surface area contributed by atoms with Crippen LogP contribution in [-0.2, 0) is 0 Å². The Bertz CT molecular complexity index is 3970. The van der Waals surface area contributed by atoms with Crippen LogP contribution in [0.2, 0.25) is 0 Å². The number of para-hydroxylation sites is 1. The van der Waals surface area contributed by atoms with E-state index in [-0.39, 0.29) is 0 Å². The zero-order valence-corrected chi connectivity index (χ0v) is 44.6. The fourth-order valence-electron chi connectivity index (χ4n) is 12.5. The van der Waals surface area contributed by atoms with Crippen molar-refractivity contribution in [3.05, 3.63) is 309 Å². The van der Waals surface area contributed by atoms with E-state index in [1.54, 1.807) is 0 Å². The average Bonchev–Trinajstić information content (AvgIpc) is 3.57. The third kappa shape index (κ3) is 7.51. The van der Waals surface area contributed by atoms with Gasteiger partial charge in [0.1, 0.15) is 0 Å². The maximum atomic E-state index is 2.63. The van der Waals surface area contributed by atoms with E-state index in [0.29, 0.717) is 0 Å². The van der Waals surface area contributed by atoms with Crippen LogP contribution in [0.1, 0.15) is 0 Å². The van der Waals surface area contributed by atoms with Gasteiger partial charge in [-0.25, -0.2) is 0 Å². The topological polar surface area (TPSA) is 3.24 Å². The van der Waals surface area contributed by atoms with Gasteiger partial charge in [-0.3, -0.25) is 0 Å². The van der Waals surface area contributed by atoms with Crippen molar-refractivity contribution in [3.63, 3.8) is 0 Å². The van der Waals surface area contributed by atoms with E-state index in [9.17, 15) is 0 Å². The molecule has 2 aliphatic heterocycles. The third-order valence-corrected chi connectivity index (χ3v) is 27.8. The van der Waals surface area contributed by atoms with Gasteiger partial charge in [-0.15, -0.1) is 0 Å². The van der Waals surface area contributed by atoms with Gasteiger partial charge < -0.3 is 4.90 Å². The van der Waals surface area contributed by atoms with Gasteiger partial charge in [-0.2, -0.15) is 0 Å². The number of fused-ring (bicyclic) bond motifs is 8. The van der Waals surface area contributed by atoms with Crippen LogP contribution in [0.3, 0.4) is 0 Å². The molecule has 0 saturated heterocycles. The Morgan fingerprint density at radius 2 is 0.553 bits per heavy atom.